The van der Waals surface area contributed by atoms with E-state index in [1.807, 2.05) is 6.92 Å². The average molecular weight is 273 g/mol. The van der Waals surface area contributed by atoms with Gasteiger partial charge in [-0.25, -0.2) is 0 Å². The molecule has 0 saturated heterocycles. The molecule has 2 heteroatoms. The van der Waals surface area contributed by atoms with Crippen LogP contribution in [0.1, 0.15) is 52.0 Å². The van der Waals surface area contributed by atoms with E-state index < -0.39 is 0 Å². The number of allylic oxidation sites excluding steroid dienone is 1. The fourth-order valence-electron chi connectivity index (χ4n) is 2.69. The minimum Gasteiger partial charge on any atom is -0.487 e. The SMILES string of the molecule is C/C=C/c1ccccc1OC1(CCNC(C)C)CCC1. The summed E-state index contributed by atoms with van der Waals surface area (Å²) < 4.78 is 6.41. The largest absolute Gasteiger partial charge is 0.487 e. The second-order valence-electron chi connectivity index (χ2n) is 6.04. The lowest BCUT2D eigenvalue weighted by molar-refractivity contribution is -0.0147. The Labute approximate surface area is 123 Å². The van der Waals surface area contributed by atoms with Crippen molar-refractivity contribution in [3.05, 3.63) is 35.9 Å². The van der Waals surface area contributed by atoms with E-state index >= 15 is 0 Å². The van der Waals surface area contributed by atoms with Crippen LogP contribution >= 0.6 is 0 Å². The van der Waals surface area contributed by atoms with Crippen LogP contribution in [-0.2, 0) is 0 Å². The molecule has 110 valence electrons. The summed E-state index contributed by atoms with van der Waals surface area (Å²) in [4.78, 5) is 0. The van der Waals surface area contributed by atoms with Crippen molar-refractivity contribution in [2.24, 2.45) is 0 Å². The Morgan fingerprint density at radius 1 is 1.30 bits per heavy atom. The lowest BCUT2D eigenvalue weighted by Gasteiger charge is -2.42. The first-order valence-corrected chi connectivity index (χ1v) is 7.79. The van der Waals surface area contributed by atoms with E-state index in [4.69, 9.17) is 4.74 Å². The molecule has 0 radical (unpaired) electrons. The Kier molecular flexibility index (Phi) is 5.24. The number of benzene rings is 1. The van der Waals surface area contributed by atoms with Gasteiger partial charge in [0.25, 0.3) is 0 Å². The molecule has 1 N–H and O–H groups in total. The van der Waals surface area contributed by atoms with E-state index in [1.54, 1.807) is 0 Å². The highest BCUT2D eigenvalue weighted by Gasteiger charge is 2.39. The van der Waals surface area contributed by atoms with Gasteiger partial charge in [0.2, 0.25) is 0 Å². The first-order chi connectivity index (χ1) is 9.65. The maximum absolute atomic E-state index is 6.41. The van der Waals surface area contributed by atoms with E-state index in [0.717, 1.165) is 18.7 Å². The van der Waals surface area contributed by atoms with Gasteiger partial charge in [-0.2, -0.15) is 0 Å². The van der Waals surface area contributed by atoms with Crippen LogP contribution in [0.25, 0.3) is 6.08 Å². The number of rotatable bonds is 7. The first kappa shape index (κ1) is 15.1. The Hall–Kier alpha value is -1.28. The highest BCUT2D eigenvalue weighted by molar-refractivity contribution is 5.57. The van der Waals surface area contributed by atoms with Crippen LogP contribution in [0.4, 0.5) is 0 Å². The van der Waals surface area contributed by atoms with Crippen LogP contribution in [0.2, 0.25) is 0 Å². The molecular weight excluding hydrogens is 246 g/mol. The van der Waals surface area contributed by atoms with Crippen LogP contribution in [0.15, 0.2) is 30.3 Å². The molecule has 1 aliphatic carbocycles. The zero-order valence-corrected chi connectivity index (χ0v) is 13.0. The lowest BCUT2D eigenvalue weighted by Crippen LogP contribution is -2.46. The molecule has 1 aromatic carbocycles. The van der Waals surface area contributed by atoms with Crippen LogP contribution in [0, 0.1) is 0 Å². The van der Waals surface area contributed by atoms with Gasteiger partial charge in [0, 0.05) is 11.6 Å². The molecule has 0 amide bonds. The van der Waals surface area contributed by atoms with Gasteiger partial charge in [0.05, 0.1) is 0 Å². The van der Waals surface area contributed by atoms with Crippen LogP contribution in [-0.4, -0.2) is 18.2 Å². The number of para-hydroxylation sites is 1. The number of ether oxygens (including phenoxy) is 1. The molecule has 0 heterocycles. The summed E-state index contributed by atoms with van der Waals surface area (Å²) in [6.45, 7) is 7.46. The topological polar surface area (TPSA) is 21.3 Å². The number of hydrogen-bond acceptors (Lipinski definition) is 2. The van der Waals surface area contributed by atoms with Crippen LogP contribution in [0.3, 0.4) is 0 Å². The fraction of sp³-hybridized carbons (Fsp3) is 0.556. The molecule has 1 fully saturated rings. The zero-order valence-electron chi connectivity index (χ0n) is 13.0. The molecule has 1 aromatic rings. The van der Waals surface area contributed by atoms with Crippen LogP contribution in [0.5, 0.6) is 5.75 Å². The molecule has 0 unspecified atom stereocenters. The Balaban J connectivity index is 2.02. The molecular formula is C18H27NO. The van der Waals surface area contributed by atoms with Crippen molar-refractivity contribution in [2.75, 3.05) is 6.54 Å². The fourth-order valence-corrected chi connectivity index (χ4v) is 2.69. The van der Waals surface area contributed by atoms with Gasteiger partial charge in [-0.3, -0.25) is 0 Å². The van der Waals surface area contributed by atoms with E-state index in [9.17, 15) is 0 Å². The Morgan fingerprint density at radius 2 is 2.05 bits per heavy atom. The third-order valence-corrected chi connectivity index (χ3v) is 3.99. The molecule has 0 spiro atoms. The summed E-state index contributed by atoms with van der Waals surface area (Å²) in [6, 6.07) is 8.87. The Bertz CT molecular complexity index is 446. The minimum absolute atomic E-state index is 0.0551. The third kappa shape index (κ3) is 3.86. The molecule has 2 rings (SSSR count). The maximum Gasteiger partial charge on any atom is 0.127 e. The molecule has 0 bridgehead atoms. The van der Waals surface area contributed by atoms with Gasteiger partial charge in [0.1, 0.15) is 11.4 Å². The summed E-state index contributed by atoms with van der Waals surface area (Å²) in [5, 5.41) is 3.50. The van der Waals surface area contributed by atoms with E-state index in [0.29, 0.717) is 6.04 Å². The highest BCUT2D eigenvalue weighted by Crippen LogP contribution is 2.40. The van der Waals surface area contributed by atoms with Crippen molar-refractivity contribution in [1.29, 1.82) is 0 Å². The highest BCUT2D eigenvalue weighted by atomic mass is 16.5. The second kappa shape index (κ2) is 6.94. The number of nitrogens with one attached hydrogen (secondary N) is 1. The zero-order chi connectivity index (χ0) is 14.4. The number of hydrogen-bond donors (Lipinski definition) is 1. The van der Waals surface area contributed by atoms with Gasteiger partial charge >= 0.3 is 0 Å². The molecule has 1 saturated carbocycles. The standard InChI is InChI=1S/C18H27NO/c1-4-8-16-9-5-6-10-17(16)20-18(11-7-12-18)13-14-19-15(2)3/h4-6,8-10,15,19H,7,11-14H2,1-3H3/b8-4+. The van der Waals surface area contributed by atoms with Crippen molar-refractivity contribution < 1.29 is 4.74 Å². The maximum atomic E-state index is 6.41. The molecule has 0 aromatic heterocycles. The summed E-state index contributed by atoms with van der Waals surface area (Å²) in [5.74, 6) is 1.02. The summed E-state index contributed by atoms with van der Waals surface area (Å²) >= 11 is 0. The predicted molar refractivity (Wildman–Crippen MR) is 86.1 cm³/mol. The van der Waals surface area contributed by atoms with Crippen molar-refractivity contribution in [3.8, 4) is 5.75 Å². The first-order valence-electron chi connectivity index (χ1n) is 7.79. The summed E-state index contributed by atoms with van der Waals surface area (Å²) in [5.41, 5.74) is 1.23. The lowest BCUT2D eigenvalue weighted by atomic mass is 9.77. The second-order valence-corrected chi connectivity index (χ2v) is 6.04. The van der Waals surface area contributed by atoms with Gasteiger partial charge in [-0.1, -0.05) is 44.2 Å². The summed E-state index contributed by atoms with van der Waals surface area (Å²) in [7, 11) is 0. The van der Waals surface area contributed by atoms with E-state index in [2.05, 4.69) is 55.6 Å². The quantitative estimate of drug-likeness (QED) is 0.794. The molecule has 1 aliphatic rings. The molecule has 2 nitrogen and oxygen atoms in total. The van der Waals surface area contributed by atoms with Crippen molar-refractivity contribution >= 4 is 6.08 Å². The third-order valence-electron chi connectivity index (χ3n) is 3.99. The van der Waals surface area contributed by atoms with Crippen LogP contribution < -0.4 is 10.1 Å². The summed E-state index contributed by atoms with van der Waals surface area (Å²) in [6.07, 6.45) is 8.92. The average Bonchev–Trinajstić information content (AvgIpc) is 2.37. The predicted octanol–water partition coefficient (Wildman–Crippen LogP) is 4.41. The van der Waals surface area contributed by atoms with Gasteiger partial charge in [0.15, 0.2) is 0 Å². The normalized spacial score (nSPS) is 17.4. The van der Waals surface area contributed by atoms with Crippen molar-refractivity contribution in [3.63, 3.8) is 0 Å². The monoisotopic (exact) mass is 273 g/mol. The molecule has 0 aliphatic heterocycles. The van der Waals surface area contributed by atoms with E-state index in [1.165, 1.54) is 24.8 Å². The molecule has 0 atom stereocenters. The van der Waals surface area contributed by atoms with E-state index in [-0.39, 0.29) is 5.60 Å². The molecule has 20 heavy (non-hydrogen) atoms. The minimum atomic E-state index is 0.0551. The van der Waals surface area contributed by atoms with Gasteiger partial charge < -0.3 is 10.1 Å². The van der Waals surface area contributed by atoms with Crippen molar-refractivity contribution in [2.45, 2.75) is 58.1 Å². The van der Waals surface area contributed by atoms with Gasteiger partial charge in [-0.15, -0.1) is 0 Å². The smallest absolute Gasteiger partial charge is 0.127 e. The van der Waals surface area contributed by atoms with Gasteiger partial charge in [-0.05, 0) is 45.2 Å². The van der Waals surface area contributed by atoms with Crippen molar-refractivity contribution in [1.82, 2.24) is 5.32 Å². The Morgan fingerprint density at radius 3 is 2.65 bits per heavy atom.